The Balaban J connectivity index is 1.63. The van der Waals surface area contributed by atoms with E-state index >= 15 is 0 Å². The third-order valence-corrected chi connectivity index (χ3v) is 6.24. The van der Waals surface area contributed by atoms with Gasteiger partial charge in [0.25, 0.3) is 5.91 Å². The predicted octanol–water partition coefficient (Wildman–Crippen LogP) is 2.89. The second-order valence-corrected chi connectivity index (χ2v) is 8.50. The fraction of sp³-hybridized carbons (Fsp3) is 0.222. The van der Waals surface area contributed by atoms with Gasteiger partial charge in [-0.15, -0.1) is 4.90 Å². The number of likely N-dealkylation sites (N-methyl/N-ethyl adjacent to an activating group) is 1. The molecule has 0 spiro atoms. The van der Waals surface area contributed by atoms with Gasteiger partial charge in [0, 0.05) is 12.7 Å². The molecule has 8 heteroatoms. The Hall–Kier alpha value is -4.33. The highest BCUT2D eigenvalue weighted by Gasteiger charge is 2.48. The van der Waals surface area contributed by atoms with E-state index in [0.29, 0.717) is 17.1 Å². The normalized spacial score (nSPS) is 16.9. The van der Waals surface area contributed by atoms with E-state index in [-0.39, 0.29) is 24.8 Å². The number of aryl methyl sites for hydroxylation is 1. The Labute approximate surface area is 203 Å². The topological polar surface area (TPSA) is 98.6 Å². The number of nitrogens with zero attached hydrogens (tertiary/aromatic N) is 2. The van der Waals surface area contributed by atoms with Gasteiger partial charge in [0.1, 0.15) is 17.3 Å². The number of carbonyl (C=O) groups is 4. The number of urea groups is 1. The Bertz CT molecular complexity index is 1300. The van der Waals surface area contributed by atoms with Crippen molar-refractivity contribution >= 4 is 40.8 Å². The van der Waals surface area contributed by atoms with Gasteiger partial charge in [-0.2, -0.15) is 9.37 Å². The summed E-state index contributed by atoms with van der Waals surface area (Å²) < 4.78 is 1.34. The molecule has 4 rings (SSSR count). The summed E-state index contributed by atoms with van der Waals surface area (Å²) in [6.07, 6.45) is 7.09. The number of hydrogen-bond donors (Lipinski definition) is 2. The molecule has 0 bridgehead atoms. The van der Waals surface area contributed by atoms with Crippen LogP contribution in [0.4, 0.5) is 16.2 Å². The Morgan fingerprint density at radius 3 is 2.46 bits per heavy atom. The van der Waals surface area contributed by atoms with Crippen LogP contribution in [-0.2, 0) is 20.8 Å². The van der Waals surface area contributed by atoms with Crippen LogP contribution in [0.15, 0.2) is 66.8 Å². The number of amides is 5. The first kappa shape index (κ1) is 23.8. The van der Waals surface area contributed by atoms with Gasteiger partial charge in [-0.1, -0.05) is 42.5 Å². The molecule has 1 aliphatic heterocycles. The molecule has 1 aliphatic carbocycles. The van der Waals surface area contributed by atoms with Crippen molar-refractivity contribution in [2.45, 2.75) is 20.3 Å². The van der Waals surface area contributed by atoms with E-state index < -0.39 is 17.9 Å². The minimum Gasteiger partial charge on any atom is -0.359 e. The fourth-order valence-corrected chi connectivity index (χ4v) is 4.12. The summed E-state index contributed by atoms with van der Waals surface area (Å²) in [6, 6.07) is 11.7. The summed E-state index contributed by atoms with van der Waals surface area (Å²) in [4.78, 5) is 52.5. The first-order valence-corrected chi connectivity index (χ1v) is 11.3. The molecule has 0 saturated carbocycles. The molecule has 5 amide bonds. The SMILES string of the molecule is CNC(=O)Cc1ccc(N2C(=O)C3C=CC=CC3=[N+](CC(=O)Nc3cccc(C)c3C)C2=O)cc1. The van der Waals surface area contributed by atoms with E-state index in [2.05, 4.69) is 10.6 Å². The van der Waals surface area contributed by atoms with Crippen LogP contribution in [-0.4, -0.2) is 47.6 Å². The molecule has 2 N–H and O–H groups in total. The number of anilines is 2. The Morgan fingerprint density at radius 1 is 1.00 bits per heavy atom. The highest BCUT2D eigenvalue weighted by molar-refractivity contribution is 6.26. The quantitative estimate of drug-likeness (QED) is 0.633. The van der Waals surface area contributed by atoms with Crippen LogP contribution in [0.1, 0.15) is 16.7 Å². The van der Waals surface area contributed by atoms with Crippen molar-refractivity contribution in [2.24, 2.45) is 5.92 Å². The average molecular weight is 472 g/mol. The summed E-state index contributed by atoms with van der Waals surface area (Å²) in [5.41, 5.74) is 4.27. The van der Waals surface area contributed by atoms with Gasteiger partial charge in [0.05, 0.1) is 6.42 Å². The number of benzene rings is 2. The van der Waals surface area contributed by atoms with E-state index in [9.17, 15) is 19.2 Å². The standard InChI is InChI=1S/C27H26N4O4/c1-17-7-6-9-22(18(17)2)29-25(33)16-30-23-10-5-4-8-21(23)26(34)31(27(30)35)20-13-11-19(12-14-20)15-24(32)28-3/h4-14,21H,15-16H2,1-3H3,(H-,28,29,32,33)/p+1. The zero-order valence-electron chi connectivity index (χ0n) is 19.9. The van der Waals surface area contributed by atoms with Crippen molar-refractivity contribution in [3.8, 4) is 0 Å². The van der Waals surface area contributed by atoms with Gasteiger partial charge in [0.15, 0.2) is 6.54 Å². The largest absolute Gasteiger partial charge is 0.506 e. The van der Waals surface area contributed by atoms with Crippen LogP contribution in [0.2, 0.25) is 0 Å². The summed E-state index contributed by atoms with van der Waals surface area (Å²) in [5.74, 6) is -1.58. The Kier molecular flexibility index (Phi) is 6.73. The van der Waals surface area contributed by atoms with Crippen molar-refractivity contribution in [1.82, 2.24) is 5.32 Å². The van der Waals surface area contributed by atoms with E-state index in [0.717, 1.165) is 21.6 Å². The molecule has 0 radical (unpaired) electrons. The molecule has 2 aromatic carbocycles. The molecule has 0 aromatic heterocycles. The molecule has 1 atom stereocenters. The lowest BCUT2D eigenvalue weighted by Gasteiger charge is -2.26. The van der Waals surface area contributed by atoms with Crippen LogP contribution < -0.4 is 15.5 Å². The number of allylic oxidation sites excluding steroid dienone is 3. The zero-order valence-corrected chi connectivity index (χ0v) is 19.9. The molecule has 178 valence electrons. The lowest BCUT2D eigenvalue weighted by Crippen LogP contribution is -2.56. The number of hydrogen-bond acceptors (Lipinski definition) is 4. The predicted molar refractivity (Wildman–Crippen MR) is 134 cm³/mol. The van der Waals surface area contributed by atoms with Gasteiger partial charge in [-0.3, -0.25) is 9.59 Å². The van der Waals surface area contributed by atoms with Crippen molar-refractivity contribution in [1.29, 1.82) is 0 Å². The van der Waals surface area contributed by atoms with Crippen LogP contribution in [0.25, 0.3) is 0 Å². The second kappa shape index (κ2) is 9.89. The molecular weight excluding hydrogens is 444 g/mol. The van der Waals surface area contributed by atoms with Gasteiger partial charge in [0.2, 0.25) is 5.91 Å². The molecular formula is C27H27N4O4+. The monoisotopic (exact) mass is 471 g/mol. The average Bonchev–Trinajstić information content (AvgIpc) is 2.85. The number of imide groups is 1. The maximum atomic E-state index is 13.5. The zero-order chi connectivity index (χ0) is 25.1. The lowest BCUT2D eigenvalue weighted by atomic mass is 9.94. The summed E-state index contributed by atoms with van der Waals surface area (Å²) in [6.45, 7) is 3.64. The second-order valence-electron chi connectivity index (χ2n) is 8.50. The number of nitrogens with one attached hydrogen (secondary N) is 2. The molecule has 2 aliphatic rings. The molecule has 8 nitrogen and oxygen atoms in total. The Morgan fingerprint density at radius 2 is 1.74 bits per heavy atom. The van der Waals surface area contributed by atoms with Crippen LogP contribution >= 0.6 is 0 Å². The van der Waals surface area contributed by atoms with Gasteiger partial charge in [-0.25, -0.2) is 4.79 Å². The summed E-state index contributed by atoms with van der Waals surface area (Å²) >= 11 is 0. The third-order valence-electron chi connectivity index (χ3n) is 6.24. The first-order valence-electron chi connectivity index (χ1n) is 11.3. The summed E-state index contributed by atoms with van der Waals surface area (Å²) in [5, 5.41) is 5.45. The first-order chi connectivity index (χ1) is 16.8. The van der Waals surface area contributed by atoms with Crippen molar-refractivity contribution in [2.75, 3.05) is 23.8 Å². The molecule has 35 heavy (non-hydrogen) atoms. The van der Waals surface area contributed by atoms with E-state index in [1.54, 1.807) is 55.6 Å². The summed E-state index contributed by atoms with van der Waals surface area (Å²) in [7, 11) is 1.56. The lowest BCUT2D eigenvalue weighted by molar-refractivity contribution is -0.416. The van der Waals surface area contributed by atoms with E-state index in [4.69, 9.17) is 0 Å². The van der Waals surface area contributed by atoms with Gasteiger partial charge < -0.3 is 10.6 Å². The van der Waals surface area contributed by atoms with Crippen LogP contribution in [0, 0.1) is 19.8 Å². The van der Waals surface area contributed by atoms with E-state index in [1.165, 1.54) is 4.58 Å². The molecule has 1 unspecified atom stereocenters. The highest BCUT2D eigenvalue weighted by Crippen LogP contribution is 2.26. The smallest absolute Gasteiger partial charge is 0.359 e. The fourth-order valence-electron chi connectivity index (χ4n) is 4.12. The molecule has 0 fully saturated rings. The van der Waals surface area contributed by atoms with Gasteiger partial charge in [-0.05, 0) is 54.8 Å². The molecule has 0 saturated heterocycles. The molecule has 1 heterocycles. The van der Waals surface area contributed by atoms with Crippen molar-refractivity contribution in [3.63, 3.8) is 0 Å². The maximum Gasteiger partial charge on any atom is 0.506 e. The van der Waals surface area contributed by atoms with Crippen molar-refractivity contribution in [3.05, 3.63) is 83.5 Å². The van der Waals surface area contributed by atoms with Crippen LogP contribution in [0.3, 0.4) is 0 Å². The number of rotatable bonds is 6. The van der Waals surface area contributed by atoms with E-state index in [1.807, 2.05) is 32.0 Å². The number of carbonyl (C=O) groups excluding carboxylic acids is 4. The minimum atomic E-state index is -0.684. The van der Waals surface area contributed by atoms with Crippen LogP contribution in [0.5, 0.6) is 0 Å². The maximum absolute atomic E-state index is 13.5. The minimum absolute atomic E-state index is 0.137. The van der Waals surface area contributed by atoms with Crippen molar-refractivity contribution < 1.29 is 23.8 Å². The third kappa shape index (κ3) is 4.82. The number of fused-ring (bicyclic) bond motifs is 1. The van der Waals surface area contributed by atoms with Gasteiger partial charge >= 0.3 is 11.9 Å². The highest BCUT2D eigenvalue weighted by atomic mass is 16.2. The molecule has 2 aromatic rings.